The third kappa shape index (κ3) is 3.65. The van der Waals surface area contributed by atoms with E-state index in [0.717, 1.165) is 61.6 Å². The number of hydrogen-bond acceptors (Lipinski definition) is 2. The van der Waals surface area contributed by atoms with Gasteiger partial charge in [0.2, 0.25) is 0 Å². The maximum atomic E-state index is 6.16. The fourth-order valence-electron chi connectivity index (χ4n) is 9.73. The minimum Gasteiger partial charge on any atom is -0.347 e. The topological polar surface area (TPSA) is 18.5 Å². The van der Waals surface area contributed by atoms with Gasteiger partial charge in [-0.25, -0.2) is 0 Å². The van der Waals surface area contributed by atoms with Gasteiger partial charge in [0.05, 0.1) is 13.2 Å². The zero-order valence-corrected chi connectivity index (χ0v) is 21.9. The molecule has 8 atom stereocenters. The van der Waals surface area contributed by atoms with Crippen LogP contribution < -0.4 is 0 Å². The van der Waals surface area contributed by atoms with E-state index < -0.39 is 0 Å². The average molecular weight is 443 g/mol. The second kappa shape index (κ2) is 8.40. The Labute approximate surface area is 198 Å². The van der Waals surface area contributed by atoms with Crippen LogP contribution in [0.2, 0.25) is 0 Å². The maximum absolute atomic E-state index is 6.16. The number of allylic oxidation sites excluding steroid dienone is 1. The second-order valence-corrected chi connectivity index (χ2v) is 13.6. The van der Waals surface area contributed by atoms with Gasteiger partial charge in [-0.15, -0.1) is 0 Å². The van der Waals surface area contributed by atoms with Crippen molar-refractivity contribution in [1.82, 2.24) is 0 Å². The summed E-state index contributed by atoms with van der Waals surface area (Å²) in [5, 5.41) is 0. The minimum absolute atomic E-state index is 0.287. The van der Waals surface area contributed by atoms with Crippen LogP contribution in [0.3, 0.4) is 0 Å². The molecular weight excluding hydrogens is 392 g/mol. The fourth-order valence-corrected chi connectivity index (χ4v) is 9.73. The Hall–Kier alpha value is -0.340. The molecule has 2 nitrogen and oxygen atoms in total. The summed E-state index contributed by atoms with van der Waals surface area (Å²) in [4.78, 5) is 0. The van der Waals surface area contributed by atoms with E-state index in [9.17, 15) is 0 Å². The number of hydrogen-bond donors (Lipinski definition) is 0. The number of rotatable bonds is 5. The van der Waals surface area contributed by atoms with Gasteiger partial charge in [0.1, 0.15) is 0 Å². The fraction of sp³-hybridized carbons (Fsp3) is 0.933. The van der Waals surface area contributed by atoms with Crippen molar-refractivity contribution in [3.63, 3.8) is 0 Å². The molecule has 0 aromatic carbocycles. The molecule has 0 radical (unpaired) electrons. The smallest absolute Gasteiger partial charge is 0.172 e. The van der Waals surface area contributed by atoms with Crippen LogP contribution in [0.1, 0.15) is 106 Å². The van der Waals surface area contributed by atoms with Crippen LogP contribution in [0, 0.1) is 52.3 Å². The first kappa shape index (κ1) is 23.4. The Morgan fingerprint density at radius 1 is 0.938 bits per heavy atom. The van der Waals surface area contributed by atoms with Crippen molar-refractivity contribution in [2.75, 3.05) is 13.2 Å². The molecule has 3 saturated carbocycles. The van der Waals surface area contributed by atoms with E-state index in [1.165, 1.54) is 51.4 Å². The molecule has 32 heavy (non-hydrogen) atoms. The van der Waals surface area contributed by atoms with Crippen LogP contribution in [-0.4, -0.2) is 19.0 Å². The Kier molecular flexibility index (Phi) is 6.14. The van der Waals surface area contributed by atoms with E-state index >= 15 is 0 Å². The van der Waals surface area contributed by atoms with E-state index in [4.69, 9.17) is 9.47 Å². The van der Waals surface area contributed by atoms with E-state index in [0.29, 0.717) is 16.7 Å². The molecule has 1 heterocycles. The molecule has 0 N–H and O–H groups in total. The lowest BCUT2D eigenvalue weighted by atomic mass is 9.45. The van der Waals surface area contributed by atoms with Gasteiger partial charge in [0.25, 0.3) is 0 Å². The largest absolute Gasteiger partial charge is 0.347 e. The highest BCUT2D eigenvalue weighted by molar-refractivity contribution is 5.28. The molecule has 1 aliphatic heterocycles. The second-order valence-electron chi connectivity index (χ2n) is 13.6. The van der Waals surface area contributed by atoms with Crippen LogP contribution >= 0.6 is 0 Å². The van der Waals surface area contributed by atoms with E-state index in [1.807, 2.05) is 0 Å². The quantitative estimate of drug-likeness (QED) is 0.401. The van der Waals surface area contributed by atoms with Gasteiger partial charge in [-0.3, -0.25) is 0 Å². The summed E-state index contributed by atoms with van der Waals surface area (Å²) >= 11 is 0. The van der Waals surface area contributed by atoms with Gasteiger partial charge < -0.3 is 9.47 Å². The molecule has 0 aromatic heterocycles. The SMILES string of the molecule is CC(C)CCC[C@@H](C)C1CCC2C3C(C)C=C4CC5(CCC4(C)C3CCC21C)OCCO5. The molecule has 4 aliphatic carbocycles. The van der Waals surface area contributed by atoms with Crippen molar-refractivity contribution in [2.45, 2.75) is 112 Å². The third-order valence-electron chi connectivity index (χ3n) is 11.5. The molecule has 0 aromatic rings. The van der Waals surface area contributed by atoms with Gasteiger partial charge in [-0.05, 0) is 84.4 Å². The van der Waals surface area contributed by atoms with Gasteiger partial charge in [-0.1, -0.05) is 72.5 Å². The highest BCUT2D eigenvalue weighted by Crippen LogP contribution is 2.69. The molecule has 1 saturated heterocycles. The van der Waals surface area contributed by atoms with Gasteiger partial charge in [0, 0.05) is 12.8 Å². The van der Waals surface area contributed by atoms with Crippen LogP contribution in [-0.2, 0) is 9.47 Å². The summed E-state index contributed by atoms with van der Waals surface area (Å²) in [6.45, 7) is 16.8. The molecule has 182 valence electrons. The molecule has 0 amide bonds. The van der Waals surface area contributed by atoms with Gasteiger partial charge in [-0.2, -0.15) is 0 Å². The molecule has 2 heteroatoms. The predicted octanol–water partition coefficient (Wildman–Crippen LogP) is 8.02. The van der Waals surface area contributed by atoms with E-state index in [2.05, 4.69) is 47.6 Å². The summed E-state index contributed by atoms with van der Waals surface area (Å²) in [5.74, 6) is 5.79. The normalized spacial score (nSPS) is 46.0. The Bertz CT molecular complexity index is 718. The highest BCUT2D eigenvalue weighted by atomic mass is 16.7. The van der Waals surface area contributed by atoms with Gasteiger partial charge in [0.15, 0.2) is 5.79 Å². The highest BCUT2D eigenvalue weighted by Gasteiger charge is 2.61. The van der Waals surface area contributed by atoms with Crippen molar-refractivity contribution in [1.29, 1.82) is 0 Å². The van der Waals surface area contributed by atoms with Crippen molar-refractivity contribution in [2.24, 2.45) is 52.3 Å². The summed E-state index contributed by atoms with van der Waals surface area (Å²) < 4.78 is 12.3. The van der Waals surface area contributed by atoms with Crippen LogP contribution in [0.25, 0.3) is 0 Å². The first-order valence-electron chi connectivity index (χ1n) is 14.2. The molecule has 7 unspecified atom stereocenters. The molecule has 0 bridgehead atoms. The average Bonchev–Trinajstić information content (AvgIpc) is 3.33. The Balaban J connectivity index is 1.35. The zero-order valence-electron chi connectivity index (χ0n) is 21.9. The molecule has 4 fully saturated rings. The first-order valence-corrected chi connectivity index (χ1v) is 14.2. The first-order chi connectivity index (χ1) is 15.2. The van der Waals surface area contributed by atoms with Crippen LogP contribution in [0.5, 0.6) is 0 Å². The summed E-state index contributed by atoms with van der Waals surface area (Å²) in [6, 6.07) is 0. The molecular formula is C30H50O2. The maximum Gasteiger partial charge on any atom is 0.172 e. The van der Waals surface area contributed by atoms with E-state index in [1.54, 1.807) is 5.57 Å². The molecule has 5 rings (SSSR count). The summed E-state index contributed by atoms with van der Waals surface area (Å²) in [7, 11) is 0. The summed E-state index contributed by atoms with van der Waals surface area (Å²) in [5.41, 5.74) is 2.63. The Morgan fingerprint density at radius 2 is 1.69 bits per heavy atom. The van der Waals surface area contributed by atoms with Gasteiger partial charge >= 0.3 is 0 Å². The Morgan fingerprint density at radius 3 is 2.41 bits per heavy atom. The van der Waals surface area contributed by atoms with Crippen molar-refractivity contribution in [3.8, 4) is 0 Å². The monoisotopic (exact) mass is 442 g/mol. The lowest BCUT2D eigenvalue weighted by molar-refractivity contribution is -0.187. The number of fused-ring (bicyclic) bond motifs is 5. The molecule has 1 spiro atoms. The molecule has 5 aliphatic rings. The lowest BCUT2D eigenvalue weighted by Gasteiger charge is -2.60. The lowest BCUT2D eigenvalue weighted by Crippen LogP contribution is -2.54. The summed E-state index contributed by atoms with van der Waals surface area (Å²) in [6.07, 6.45) is 16.2. The van der Waals surface area contributed by atoms with Crippen molar-refractivity contribution in [3.05, 3.63) is 11.6 Å². The van der Waals surface area contributed by atoms with Crippen molar-refractivity contribution >= 4 is 0 Å². The van der Waals surface area contributed by atoms with Crippen LogP contribution in [0.4, 0.5) is 0 Å². The van der Waals surface area contributed by atoms with Crippen molar-refractivity contribution < 1.29 is 9.47 Å². The standard InChI is InChI=1S/C30H50O2/c1-20(2)8-7-9-21(3)24-10-11-25-27-22(4)18-23-19-30(31-16-17-32-30)15-14-28(23,5)26(27)12-13-29(24,25)6/h18,20-22,24-27H,7-17,19H2,1-6H3/t21-,22?,24?,25?,26?,27?,28?,29?/m1/s1. The zero-order chi connectivity index (χ0) is 22.7. The van der Waals surface area contributed by atoms with E-state index in [-0.39, 0.29) is 5.79 Å². The number of ether oxygens (including phenoxy) is 2. The van der Waals surface area contributed by atoms with Crippen LogP contribution in [0.15, 0.2) is 11.6 Å². The third-order valence-corrected chi connectivity index (χ3v) is 11.5. The minimum atomic E-state index is -0.287. The predicted molar refractivity (Wildman–Crippen MR) is 132 cm³/mol.